The zero-order valence-electron chi connectivity index (χ0n) is 20.0. The first-order chi connectivity index (χ1) is 17.1. The van der Waals surface area contributed by atoms with E-state index >= 15 is 0 Å². The van der Waals surface area contributed by atoms with E-state index in [2.05, 4.69) is 10.3 Å². The largest absolute Gasteiger partial charge is 0.465 e. The van der Waals surface area contributed by atoms with E-state index in [4.69, 9.17) is 0 Å². The number of anilines is 1. The summed E-state index contributed by atoms with van der Waals surface area (Å²) in [5, 5.41) is 12.5. The van der Waals surface area contributed by atoms with Crippen LogP contribution in [-0.4, -0.2) is 69.5 Å². The number of rotatable bonds is 9. The number of carboxylic acid groups (broad SMARTS) is 1. The van der Waals surface area contributed by atoms with E-state index in [9.17, 15) is 28.7 Å². The third kappa shape index (κ3) is 6.54. The number of likely N-dealkylation sites (N-methyl/N-ethyl adjacent to an activating group) is 2. The van der Waals surface area contributed by atoms with Gasteiger partial charge in [-0.1, -0.05) is 6.08 Å². The van der Waals surface area contributed by atoms with E-state index in [1.165, 1.54) is 58.3 Å². The van der Waals surface area contributed by atoms with E-state index in [1.54, 1.807) is 32.3 Å². The highest BCUT2D eigenvalue weighted by molar-refractivity contribution is 7.18. The molecule has 190 valence electrons. The van der Waals surface area contributed by atoms with Gasteiger partial charge in [0.2, 0.25) is 11.8 Å². The van der Waals surface area contributed by atoms with Gasteiger partial charge in [0.15, 0.2) is 0 Å². The monoisotopic (exact) mass is 515 g/mol. The summed E-state index contributed by atoms with van der Waals surface area (Å²) in [7, 11) is 4.47. The molecule has 0 radical (unpaired) electrons. The molecule has 2 N–H and O–H groups in total. The fraction of sp³-hybridized carbons (Fsp3) is 0.292. The molecule has 0 saturated heterocycles. The van der Waals surface area contributed by atoms with Crippen molar-refractivity contribution in [3.63, 3.8) is 0 Å². The second-order valence-corrected chi connectivity index (χ2v) is 9.30. The number of benzene rings is 1. The third-order valence-electron chi connectivity index (χ3n) is 5.36. The van der Waals surface area contributed by atoms with E-state index < -0.39 is 29.4 Å². The van der Waals surface area contributed by atoms with Crippen molar-refractivity contribution in [2.75, 3.05) is 26.5 Å². The topological polar surface area (TPSA) is 125 Å². The van der Waals surface area contributed by atoms with Crippen LogP contribution in [0.15, 0.2) is 53.5 Å². The maximum atomic E-state index is 13.5. The smallest absolute Gasteiger partial charge is 0.407 e. The highest BCUT2D eigenvalue weighted by atomic mass is 32.1. The van der Waals surface area contributed by atoms with E-state index in [0.717, 1.165) is 9.60 Å². The zero-order chi connectivity index (χ0) is 26.4. The summed E-state index contributed by atoms with van der Waals surface area (Å²) in [6.07, 6.45) is 3.53. The lowest BCUT2D eigenvalue weighted by atomic mass is 10.1. The lowest BCUT2D eigenvalue weighted by molar-refractivity contribution is -0.123. The van der Waals surface area contributed by atoms with Crippen molar-refractivity contribution >= 4 is 45.1 Å². The number of hydrogen-bond acceptors (Lipinski definition) is 6. The van der Waals surface area contributed by atoms with Crippen LogP contribution in [0.2, 0.25) is 0 Å². The fourth-order valence-electron chi connectivity index (χ4n) is 3.36. The highest BCUT2D eigenvalue weighted by Crippen LogP contribution is 2.23. The standard InChI is InChI=1S/C24H26FN5O5S/c1-28(2)21(31)9-5-4-8-18(29(3)24(34)35)22(32)27-16-7-6-12-30(23(16)33)14-20-26-17-13-15(25)10-11-19(17)36-20/h5-7,9-13,18H,4,8,14H2,1-3H3,(H,27,32)(H,34,35). The lowest BCUT2D eigenvalue weighted by Gasteiger charge is -2.24. The number of fused-ring (bicyclic) bond motifs is 1. The molecule has 0 spiro atoms. The van der Waals surface area contributed by atoms with Gasteiger partial charge in [-0.25, -0.2) is 14.2 Å². The molecule has 0 fully saturated rings. The first-order valence-corrected chi connectivity index (χ1v) is 11.8. The summed E-state index contributed by atoms with van der Waals surface area (Å²) >= 11 is 1.33. The van der Waals surface area contributed by atoms with Crippen molar-refractivity contribution in [2.45, 2.75) is 25.4 Å². The molecule has 2 heterocycles. The maximum Gasteiger partial charge on any atom is 0.407 e. The average molecular weight is 516 g/mol. The number of pyridine rings is 1. The van der Waals surface area contributed by atoms with Crippen molar-refractivity contribution in [2.24, 2.45) is 0 Å². The normalized spacial score (nSPS) is 12.0. The van der Waals surface area contributed by atoms with Gasteiger partial charge in [0.05, 0.1) is 16.8 Å². The molecule has 2 aromatic heterocycles. The molecule has 0 aliphatic heterocycles. The molecule has 36 heavy (non-hydrogen) atoms. The van der Waals surface area contributed by atoms with E-state index in [0.29, 0.717) is 10.5 Å². The van der Waals surface area contributed by atoms with Crippen molar-refractivity contribution in [3.8, 4) is 0 Å². The second kappa shape index (κ2) is 11.6. The number of amides is 3. The summed E-state index contributed by atoms with van der Waals surface area (Å²) in [6, 6.07) is 6.20. The predicted molar refractivity (Wildman–Crippen MR) is 135 cm³/mol. The number of thiazole rings is 1. The van der Waals surface area contributed by atoms with Crippen LogP contribution in [0.4, 0.5) is 14.9 Å². The lowest BCUT2D eigenvalue weighted by Crippen LogP contribution is -2.45. The Hall–Kier alpha value is -4.06. The van der Waals surface area contributed by atoms with Gasteiger partial charge in [-0.3, -0.25) is 19.3 Å². The number of aromatic nitrogens is 2. The Morgan fingerprint density at radius 2 is 2.00 bits per heavy atom. The first kappa shape index (κ1) is 26.5. The maximum absolute atomic E-state index is 13.5. The summed E-state index contributed by atoms with van der Waals surface area (Å²) in [5.41, 5.74) is -0.0188. The summed E-state index contributed by atoms with van der Waals surface area (Å²) < 4.78 is 15.6. The van der Waals surface area contributed by atoms with Crippen LogP contribution < -0.4 is 10.9 Å². The Bertz CT molecular complexity index is 1370. The van der Waals surface area contributed by atoms with Crippen molar-refractivity contribution in [1.29, 1.82) is 0 Å². The molecule has 3 rings (SSSR count). The zero-order valence-corrected chi connectivity index (χ0v) is 20.8. The molecule has 3 aromatic rings. The Kier molecular flexibility index (Phi) is 8.54. The first-order valence-electron chi connectivity index (χ1n) is 11.0. The van der Waals surface area contributed by atoms with Crippen LogP contribution in [0.1, 0.15) is 17.8 Å². The van der Waals surface area contributed by atoms with Crippen LogP contribution in [0.25, 0.3) is 10.2 Å². The van der Waals surface area contributed by atoms with Gasteiger partial charge in [-0.2, -0.15) is 0 Å². The third-order valence-corrected chi connectivity index (χ3v) is 6.38. The van der Waals surface area contributed by atoms with Gasteiger partial charge in [0.25, 0.3) is 5.56 Å². The Balaban J connectivity index is 1.75. The second-order valence-electron chi connectivity index (χ2n) is 8.19. The fourth-order valence-corrected chi connectivity index (χ4v) is 4.30. The van der Waals surface area contributed by atoms with Crippen LogP contribution in [-0.2, 0) is 16.1 Å². The molecular weight excluding hydrogens is 489 g/mol. The quantitative estimate of drug-likeness (QED) is 0.422. The minimum atomic E-state index is -1.30. The van der Waals surface area contributed by atoms with Gasteiger partial charge in [-0.15, -0.1) is 11.3 Å². The number of halogens is 1. The number of carbonyl (C=O) groups is 3. The van der Waals surface area contributed by atoms with Crippen molar-refractivity contribution in [3.05, 3.63) is 69.9 Å². The average Bonchev–Trinajstić information content (AvgIpc) is 3.22. The van der Waals surface area contributed by atoms with Gasteiger partial charge < -0.3 is 19.9 Å². The number of nitrogens with one attached hydrogen (secondary N) is 1. The number of carbonyl (C=O) groups excluding carboxylic acids is 2. The highest BCUT2D eigenvalue weighted by Gasteiger charge is 2.27. The predicted octanol–water partition coefficient (Wildman–Crippen LogP) is 2.99. The van der Waals surface area contributed by atoms with Gasteiger partial charge in [-0.05, 0) is 43.2 Å². The van der Waals surface area contributed by atoms with E-state index in [-0.39, 0.29) is 31.0 Å². The van der Waals surface area contributed by atoms with Gasteiger partial charge >= 0.3 is 6.09 Å². The van der Waals surface area contributed by atoms with Crippen molar-refractivity contribution in [1.82, 2.24) is 19.4 Å². The number of nitrogens with zero attached hydrogens (tertiary/aromatic N) is 4. The van der Waals surface area contributed by atoms with E-state index in [1.807, 2.05) is 0 Å². The Morgan fingerprint density at radius 3 is 2.69 bits per heavy atom. The molecule has 12 heteroatoms. The number of hydrogen-bond donors (Lipinski definition) is 2. The van der Waals surface area contributed by atoms with Gasteiger partial charge in [0, 0.05) is 33.4 Å². The molecule has 10 nitrogen and oxygen atoms in total. The van der Waals surface area contributed by atoms with Crippen molar-refractivity contribution < 1.29 is 23.9 Å². The molecule has 0 saturated carbocycles. The Morgan fingerprint density at radius 1 is 1.25 bits per heavy atom. The SMILES string of the molecule is CN(C)C(=O)C=CCCC(C(=O)Nc1cccn(Cc2nc3cc(F)ccc3s2)c1=O)N(C)C(=O)O. The molecule has 0 aliphatic rings. The molecule has 1 unspecified atom stereocenters. The molecule has 3 amide bonds. The molecule has 1 atom stereocenters. The molecular formula is C24H26FN5O5S. The van der Waals surface area contributed by atoms with Crippen LogP contribution in [0.5, 0.6) is 0 Å². The minimum Gasteiger partial charge on any atom is -0.465 e. The Labute approximate surface area is 210 Å². The van der Waals surface area contributed by atoms with Gasteiger partial charge in [0.1, 0.15) is 22.6 Å². The van der Waals surface area contributed by atoms with Crippen LogP contribution in [0, 0.1) is 5.82 Å². The van der Waals surface area contributed by atoms with Crippen LogP contribution in [0.3, 0.4) is 0 Å². The number of allylic oxidation sites excluding steroid dienone is 1. The molecule has 0 aliphatic carbocycles. The van der Waals surface area contributed by atoms with Crippen LogP contribution >= 0.6 is 11.3 Å². The molecule has 0 bridgehead atoms. The summed E-state index contributed by atoms with van der Waals surface area (Å²) in [4.78, 5) is 55.7. The summed E-state index contributed by atoms with van der Waals surface area (Å²) in [6.45, 7) is 0.118. The molecule has 1 aromatic carbocycles. The summed E-state index contributed by atoms with van der Waals surface area (Å²) in [5.74, 6) is -1.30. The minimum absolute atomic E-state index is 0.0169.